The number of aliphatic hydroxyl groups excluding tert-OH is 1. The van der Waals surface area contributed by atoms with E-state index in [4.69, 9.17) is 20.3 Å². The van der Waals surface area contributed by atoms with Gasteiger partial charge in [-0.05, 0) is 51.7 Å². The molecule has 2 saturated heterocycles. The molecule has 1 aromatic rings. The summed E-state index contributed by atoms with van der Waals surface area (Å²) in [6.45, 7) is 3.86. The van der Waals surface area contributed by atoms with Crippen molar-refractivity contribution in [2.45, 2.75) is 69.9 Å². The van der Waals surface area contributed by atoms with Crippen molar-refractivity contribution in [2.24, 2.45) is 16.8 Å². The summed E-state index contributed by atoms with van der Waals surface area (Å²) in [4.78, 5) is 6.15. The van der Waals surface area contributed by atoms with Gasteiger partial charge in [0.2, 0.25) is 0 Å². The van der Waals surface area contributed by atoms with Crippen LogP contribution in [-0.4, -0.2) is 61.7 Å². The van der Waals surface area contributed by atoms with Crippen LogP contribution in [0, 0.1) is 24.0 Å². The van der Waals surface area contributed by atoms with E-state index in [0.717, 1.165) is 49.2 Å². The summed E-state index contributed by atoms with van der Waals surface area (Å²) in [7, 11) is 2.22. The van der Waals surface area contributed by atoms with Crippen molar-refractivity contribution in [1.29, 1.82) is 0 Å². The Labute approximate surface area is 229 Å². The Bertz CT molecular complexity index is 860. The zero-order valence-electron chi connectivity index (χ0n) is 22.0. The van der Waals surface area contributed by atoms with Gasteiger partial charge in [0.05, 0.1) is 19.6 Å². The molecule has 7 heteroatoms. The maximum absolute atomic E-state index is 9.16. The summed E-state index contributed by atoms with van der Waals surface area (Å²) < 4.78 is 11.7. The van der Waals surface area contributed by atoms with Crippen LogP contribution in [0.25, 0.3) is 11.3 Å². The molecule has 36 heavy (non-hydrogen) atoms. The van der Waals surface area contributed by atoms with Gasteiger partial charge in [-0.1, -0.05) is 43.2 Å². The van der Waals surface area contributed by atoms with Gasteiger partial charge in [0.25, 0.3) is 0 Å². The van der Waals surface area contributed by atoms with Gasteiger partial charge in [-0.2, -0.15) is 0 Å². The number of aryl methyl sites for hydroxylation is 1. The first-order valence-electron chi connectivity index (χ1n) is 13.2. The standard InChI is InChI=1S/C29H40N3O3.Li/c1-32-19-14-24(15-20-32)4-2-3-23-5-8-26(9-6-23)27(13-18-31-28(30)33)10-7-25-11-16-29(17-12-25)34-21-22-35-29;/h5-6,8-10,18,24-25,28,30,33H,2-4,11-12,14-17,19-22H2,1H3;/q-3;+1/b31-18-;. The molecule has 0 aromatic heterocycles. The number of allylic oxidation sites excluding steroid dienone is 4. The van der Waals surface area contributed by atoms with Crippen LogP contribution in [0.1, 0.15) is 62.5 Å². The van der Waals surface area contributed by atoms with E-state index in [1.54, 1.807) is 0 Å². The van der Waals surface area contributed by atoms with E-state index in [1.165, 1.54) is 50.6 Å². The molecule has 1 saturated carbocycles. The fourth-order valence-electron chi connectivity index (χ4n) is 5.39. The minimum absolute atomic E-state index is 0. The minimum atomic E-state index is -1.48. The topological polar surface area (TPSA) is 78.1 Å². The van der Waals surface area contributed by atoms with Gasteiger partial charge in [0.1, 0.15) is 0 Å². The predicted molar refractivity (Wildman–Crippen MR) is 139 cm³/mol. The monoisotopic (exact) mass is 485 g/mol. The molecule has 1 spiro atoms. The summed E-state index contributed by atoms with van der Waals surface area (Å²) in [5, 5.41) is 9.16. The summed E-state index contributed by atoms with van der Waals surface area (Å²) in [6.07, 6.45) is 18.7. The van der Waals surface area contributed by atoms with Crippen LogP contribution in [0.2, 0.25) is 0 Å². The molecule has 1 aliphatic carbocycles. The van der Waals surface area contributed by atoms with Crippen LogP contribution in [0.3, 0.4) is 0 Å². The third kappa shape index (κ3) is 8.95. The average Bonchev–Trinajstić information content (AvgIpc) is 3.32. The second-order valence-corrected chi connectivity index (χ2v) is 10.2. The van der Waals surface area contributed by atoms with Crippen LogP contribution in [-0.2, 0) is 15.9 Å². The third-order valence-electron chi connectivity index (χ3n) is 7.64. The molecule has 0 amide bonds. The van der Waals surface area contributed by atoms with E-state index >= 15 is 0 Å². The van der Waals surface area contributed by atoms with Crippen LogP contribution in [0.5, 0.6) is 0 Å². The maximum atomic E-state index is 9.16. The van der Waals surface area contributed by atoms with Crippen molar-refractivity contribution in [2.75, 3.05) is 33.4 Å². The smallest absolute Gasteiger partial charge is 0.632 e. The minimum Gasteiger partial charge on any atom is -0.632 e. The molecule has 3 aliphatic rings. The van der Waals surface area contributed by atoms with E-state index in [0.29, 0.717) is 19.1 Å². The van der Waals surface area contributed by atoms with Gasteiger partial charge >= 0.3 is 18.9 Å². The second-order valence-electron chi connectivity index (χ2n) is 10.2. The number of rotatable bonds is 9. The van der Waals surface area contributed by atoms with Gasteiger partial charge in [0.15, 0.2) is 5.79 Å². The van der Waals surface area contributed by atoms with E-state index in [1.807, 2.05) is 6.08 Å². The number of piperidine rings is 1. The Morgan fingerprint density at radius 1 is 1.17 bits per heavy atom. The van der Waals surface area contributed by atoms with Crippen molar-refractivity contribution in [1.82, 2.24) is 4.90 Å². The summed E-state index contributed by atoms with van der Waals surface area (Å²) >= 11 is 0. The number of likely N-dealkylation sites (tertiary alicyclic amines) is 1. The molecule has 6 nitrogen and oxygen atoms in total. The number of hydrogen-bond donors (Lipinski definition) is 1. The number of aliphatic imine (C=N–C) groups is 1. The normalized spacial score (nSPS) is 23.0. The van der Waals surface area contributed by atoms with Gasteiger partial charge in [0, 0.05) is 12.8 Å². The summed E-state index contributed by atoms with van der Waals surface area (Å²) in [5.74, 6) is 0.870. The second kappa shape index (κ2) is 14.6. The number of nitrogens with one attached hydrogen (secondary N) is 1. The van der Waals surface area contributed by atoms with Gasteiger partial charge in [-0.15, -0.1) is 18.1 Å². The number of nitrogens with zero attached hydrogens (tertiary/aromatic N) is 2. The van der Waals surface area contributed by atoms with E-state index in [9.17, 15) is 0 Å². The molecule has 1 atom stereocenters. The first-order chi connectivity index (χ1) is 17.0. The Hall–Kier alpha value is -1.23. The van der Waals surface area contributed by atoms with E-state index < -0.39 is 6.35 Å². The number of ether oxygens (including phenoxy) is 2. The first kappa shape index (κ1) is 29.3. The average molecular weight is 486 g/mol. The molecule has 4 rings (SSSR count). The first-order valence-corrected chi connectivity index (χ1v) is 13.2. The molecule has 1 aromatic carbocycles. The van der Waals surface area contributed by atoms with Gasteiger partial charge < -0.3 is 42.9 Å². The van der Waals surface area contributed by atoms with E-state index in [2.05, 4.69) is 53.4 Å². The largest absolute Gasteiger partial charge is 1.00 e. The van der Waals surface area contributed by atoms with Crippen molar-refractivity contribution >= 4 is 11.8 Å². The summed E-state index contributed by atoms with van der Waals surface area (Å²) in [5.41, 5.74) is 10.5. The molecule has 0 radical (unpaired) electrons. The van der Waals surface area contributed by atoms with Crippen LogP contribution < -0.4 is 18.9 Å². The Morgan fingerprint density at radius 3 is 2.47 bits per heavy atom. The molecule has 0 bridgehead atoms. The Kier molecular flexibility index (Phi) is 11.9. The maximum Gasteiger partial charge on any atom is 1.00 e. The number of benzene rings is 1. The predicted octanol–water partition coefficient (Wildman–Crippen LogP) is 2.23. The zero-order chi connectivity index (χ0) is 24.5. The van der Waals surface area contributed by atoms with Crippen LogP contribution in [0.4, 0.5) is 0 Å². The molecular formula is C29H40LiN3O3-2. The third-order valence-corrected chi connectivity index (χ3v) is 7.64. The molecule has 2 N–H and O–H groups in total. The van der Waals surface area contributed by atoms with Crippen molar-refractivity contribution in [3.05, 3.63) is 59.4 Å². The molecule has 2 aliphatic heterocycles. The number of aliphatic hydroxyl groups is 1. The van der Waals surface area contributed by atoms with Gasteiger partial charge in [-0.3, -0.25) is 11.1 Å². The quantitative estimate of drug-likeness (QED) is 0.252. The van der Waals surface area contributed by atoms with Crippen molar-refractivity contribution in [3.63, 3.8) is 0 Å². The Morgan fingerprint density at radius 2 is 1.83 bits per heavy atom. The molecule has 1 unspecified atom stereocenters. The Balaban J connectivity index is 0.00000361. The summed E-state index contributed by atoms with van der Waals surface area (Å²) in [6, 6.07) is 8.67. The fourth-order valence-corrected chi connectivity index (χ4v) is 5.39. The molecule has 3 fully saturated rings. The molecule has 2 heterocycles. The SMILES string of the molecule is CN1CCC(CCCc2ccc(C(=[C-]/C=N\C([NH-])O)C=[C-]C3CCC4(CC3)OCCO4)cc2)CC1.[Li+]. The fraction of sp³-hybridized carbons (Fsp3) is 0.621. The molecular weight excluding hydrogens is 445 g/mol. The van der Waals surface area contributed by atoms with E-state index in [-0.39, 0.29) is 24.6 Å². The number of hydrogen-bond acceptors (Lipinski definition) is 5. The van der Waals surface area contributed by atoms with Crippen LogP contribution >= 0.6 is 0 Å². The molecule has 192 valence electrons. The zero-order valence-corrected chi connectivity index (χ0v) is 22.0. The van der Waals surface area contributed by atoms with Crippen molar-refractivity contribution in [3.8, 4) is 0 Å². The van der Waals surface area contributed by atoms with Gasteiger partial charge in [-0.25, -0.2) is 5.56 Å². The van der Waals surface area contributed by atoms with Crippen molar-refractivity contribution < 1.29 is 33.4 Å². The van der Waals surface area contributed by atoms with Crippen LogP contribution in [0.15, 0.2) is 35.3 Å².